The molecule has 7 heteroatoms. The van der Waals surface area contributed by atoms with Crippen LogP contribution in [0.15, 0.2) is 12.1 Å². The zero-order valence-electron chi connectivity index (χ0n) is 11.4. The molecule has 0 spiro atoms. The van der Waals surface area contributed by atoms with Gasteiger partial charge in [-0.15, -0.1) is 0 Å². The number of nitrogens with one attached hydrogen (secondary N) is 1. The van der Waals surface area contributed by atoms with Gasteiger partial charge in [-0.05, 0) is 13.0 Å². The fraction of sp³-hybridized carbons (Fsp3) is 0.500. The van der Waals surface area contributed by atoms with E-state index in [1.165, 1.54) is 20.5 Å². The quantitative estimate of drug-likeness (QED) is 0.873. The van der Waals surface area contributed by atoms with Crippen molar-refractivity contribution in [1.29, 1.82) is 0 Å². The van der Waals surface area contributed by atoms with Crippen molar-refractivity contribution < 1.29 is 17.9 Å². The van der Waals surface area contributed by atoms with E-state index in [9.17, 15) is 8.42 Å². The SMILES string of the molecule is COc1cc(OC)c(NC(C)CS(C)(=O)=O)cc1Cl. The van der Waals surface area contributed by atoms with Crippen molar-refractivity contribution in [1.82, 2.24) is 0 Å². The molecule has 1 aromatic carbocycles. The third-order valence-corrected chi connectivity index (χ3v) is 3.83. The van der Waals surface area contributed by atoms with Gasteiger partial charge in [-0.25, -0.2) is 8.42 Å². The van der Waals surface area contributed by atoms with E-state index in [0.717, 1.165) is 0 Å². The molecule has 0 saturated carbocycles. The Morgan fingerprint density at radius 1 is 1.26 bits per heavy atom. The van der Waals surface area contributed by atoms with Gasteiger partial charge in [0.15, 0.2) is 0 Å². The Morgan fingerprint density at radius 3 is 2.32 bits per heavy atom. The van der Waals surface area contributed by atoms with Crippen molar-refractivity contribution in [3.63, 3.8) is 0 Å². The summed E-state index contributed by atoms with van der Waals surface area (Å²) in [5.41, 5.74) is 0.629. The molecule has 0 aromatic heterocycles. The molecular weight excluding hydrogens is 290 g/mol. The maximum Gasteiger partial charge on any atom is 0.149 e. The Kier molecular flexibility index (Phi) is 5.31. The average molecular weight is 308 g/mol. The second kappa shape index (κ2) is 6.34. The maximum absolute atomic E-state index is 11.2. The molecule has 0 amide bonds. The summed E-state index contributed by atoms with van der Waals surface area (Å²) in [5, 5.41) is 3.49. The molecular formula is C12H18ClNO4S. The van der Waals surface area contributed by atoms with Crippen LogP contribution in [-0.2, 0) is 9.84 Å². The van der Waals surface area contributed by atoms with E-state index < -0.39 is 9.84 Å². The number of methoxy groups -OCH3 is 2. The summed E-state index contributed by atoms with van der Waals surface area (Å²) in [5.74, 6) is 1.07. The van der Waals surface area contributed by atoms with Gasteiger partial charge in [-0.3, -0.25) is 0 Å². The topological polar surface area (TPSA) is 64.6 Å². The number of sulfone groups is 1. The number of halogens is 1. The lowest BCUT2D eigenvalue weighted by Crippen LogP contribution is -2.25. The summed E-state index contributed by atoms with van der Waals surface area (Å²) in [7, 11) is -0.0101. The molecule has 0 bridgehead atoms. The summed E-state index contributed by atoms with van der Waals surface area (Å²) >= 11 is 6.04. The Morgan fingerprint density at radius 2 is 1.84 bits per heavy atom. The molecule has 0 aliphatic rings. The Bertz CT molecular complexity index is 545. The number of anilines is 1. The molecule has 0 saturated heterocycles. The van der Waals surface area contributed by atoms with Gasteiger partial charge in [0, 0.05) is 18.4 Å². The van der Waals surface area contributed by atoms with Crippen LogP contribution in [0.1, 0.15) is 6.92 Å². The van der Waals surface area contributed by atoms with Gasteiger partial charge in [0.05, 0.1) is 30.7 Å². The molecule has 1 unspecified atom stereocenters. The van der Waals surface area contributed by atoms with Gasteiger partial charge in [0.2, 0.25) is 0 Å². The molecule has 0 fully saturated rings. The summed E-state index contributed by atoms with van der Waals surface area (Å²) in [6, 6.07) is 3.05. The zero-order chi connectivity index (χ0) is 14.6. The van der Waals surface area contributed by atoms with Crippen LogP contribution in [-0.4, -0.2) is 40.7 Å². The van der Waals surface area contributed by atoms with E-state index in [0.29, 0.717) is 22.2 Å². The highest BCUT2D eigenvalue weighted by Crippen LogP contribution is 2.36. The highest BCUT2D eigenvalue weighted by atomic mass is 35.5. The van der Waals surface area contributed by atoms with Crippen LogP contribution in [0.25, 0.3) is 0 Å². The van der Waals surface area contributed by atoms with Gasteiger partial charge < -0.3 is 14.8 Å². The second-order valence-corrected chi connectivity index (χ2v) is 6.92. The molecule has 0 aliphatic carbocycles. The van der Waals surface area contributed by atoms with Crippen molar-refractivity contribution in [3.05, 3.63) is 17.2 Å². The third-order valence-electron chi connectivity index (χ3n) is 2.43. The van der Waals surface area contributed by atoms with Crippen LogP contribution in [0.5, 0.6) is 11.5 Å². The van der Waals surface area contributed by atoms with E-state index in [1.54, 1.807) is 19.1 Å². The molecule has 1 aromatic rings. The van der Waals surface area contributed by atoms with Crippen LogP contribution in [0.2, 0.25) is 5.02 Å². The summed E-state index contributed by atoms with van der Waals surface area (Å²) in [4.78, 5) is 0. The predicted molar refractivity (Wildman–Crippen MR) is 77.4 cm³/mol. The van der Waals surface area contributed by atoms with Crippen LogP contribution in [0, 0.1) is 0 Å². The second-order valence-electron chi connectivity index (χ2n) is 4.32. The summed E-state index contributed by atoms with van der Waals surface area (Å²) < 4.78 is 32.8. The molecule has 1 N–H and O–H groups in total. The Hall–Kier alpha value is -1.14. The largest absolute Gasteiger partial charge is 0.495 e. The Balaban J connectivity index is 2.97. The highest BCUT2D eigenvalue weighted by Gasteiger charge is 2.15. The van der Waals surface area contributed by atoms with Gasteiger partial charge in [0.1, 0.15) is 21.3 Å². The Labute approximate surface area is 118 Å². The van der Waals surface area contributed by atoms with Gasteiger partial charge in [0.25, 0.3) is 0 Å². The van der Waals surface area contributed by atoms with E-state index in [1.807, 2.05) is 0 Å². The van der Waals surface area contributed by atoms with Crippen LogP contribution in [0.3, 0.4) is 0 Å². The molecule has 0 radical (unpaired) electrons. The first-order chi connectivity index (χ1) is 8.76. The first-order valence-corrected chi connectivity index (χ1v) is 8.06. The molecule has 0 heterocycles. The minimum atomic E-state index is -3.05. The highest BCUT2D eigenvalue weighted by molar-refractivity contribution is 7.90. The number of hydrogen-bond acceptors (Lipinski definition) is 5. The van der Waals surface area contributed by atoms with Crippen molar-refractivity contribution >= 4 is 27.1 Å². The van der Waals surface area contributed by atoms with E-state index in [4.69, 9.17) is 21.1 Å². The monoisotopic (exact) mass is 307 g/mol. The molecule has 19 heavy (non-hydrogen) atoms. The standard InChI is InChI=1S/C12H18ClNO4S/c1-8(7-19(4,15)16)14-10-5-9(13)11(17-2)6-12(10)18-3/h5-6,8,14H,7H2,1-4H3. The predicted octanol–water partition coefficient (Wildman–Crippen LogP) is 2.20. The lowest BCUT2D eigenvalue weighted by molar-refractivity contribution is 0.395. The minimum Gasteiger partial charge on any atom is -0.495 e. The number of benzene rings is 1. The third kappa shape index (κ3) is 4.80. The van der Waals surface area contributed by atoms with Crippen molar-refractivity contribution in [2.75, 3.05) is 31.5 Å². The number of rotatable bonds is 6. The van der Waals surface area contributed by atoms with Gasteiger partial charge >= 0.3 is 0 Å². The molecule has 0 aliphatic heterocycles. The fourth-order valence-corrected chi connectivity index (χ4v) is 2.97. The van der Waals surface area contributed by atoms with Gasteiger partial charge in [-0.2, -0.15) is 0 Å². The first kappa shape index (κ1) is 15.9. The van der Waals surface area contributed by atoms with E-state index in [2.05, 4.69) is 5.32 Å². The fourth-order valence-electron chi connectivity index (χ4n) is 1.73. The zero-order valence-corrected chi connectivity index (χ0v) is 12.9. The summed E-state index contributed by atoms with van der Waals surface area (Å²) in [6.07, 6.45) is 1.20. The van der Waals surface area contributed by atoms with E-state index >= 15 is 0 Å². The van der Waals surface area contributed by atoms with Crippen molar-refractivity contribution in [2.24, 2.45) is 0 Å². The smallest absolute Gasteiger partial charge is 0.149 e. The van der Waals surface area contributed by atoms with E-state index in [-0.39, 0.29) is 11.8 Å². The maximum atomic E-state index is 11.2. The van der Waals surface area contributed by atoms with Crippen molar-refractivity contribution in [2.45, 2.75) is 13.0 Å². The van der Waals surface area contributed by atoms with Crippen molar-refractivity contribution in [3.8, 4) is 11.5 Å². The first-order valence-electron chi connectivity index (χ1n) is 5.62. The van der Waals surface area contributed by atoms with Crippen LogP contribution in [0.4, 0.5) is 5.69 Å². The lowest BCUT2D eigenvalue weighted by atomic mass is 10.2. The molecule has 108 valence electrons. The van der Waals surface area contributed by atoms with Gasteiger partial charge in [-0.1, -0.05) is 11.6 Å². The van der Waals surface area contributed by atoms with Crippen LogP contribution >= 0.6 is 11.6 Å². The lowest BCUT2D eigenvalue weighted by Gasteiger charge is -2.18. The summed E-state index contributed by atoms with van der Waals surface area (Å²) in [6.45, 7) is 1.78. The molecule has 5 nitrogen and oxygen atoms in total. The van der Waals surface area contributed by atoms with Crippen LogP contribution < -0.4 is 14.8 Å². The number of ether oxygens (including phenoxy) is 2. The molecule has 1 atom stereocenters. The minimum absolute atomic E-state index is 0.0276. The average Bonchev–Trinajstić information content (AvgIpc) is 2.26. The molecule has 1 rings (SSSR count). The normalized spacial score (nSPS) is 12.9. The number of hydrogen-bond donors (Lipinski definition) is 1.